The van der Waals surface area contributed by atoms with Crippen LogP contribution in [0.3, 0.4) is 0 Å². The lowest BCUT2D eigenvalue weighted by atomic mass is 10.4. The topological polar surface area (TPSA) is 0 Å². The van der Waals surface area contributed by atoms with E-state index in [-0.39, 0.29) is 14.9 Å². The van der Waals surface area contributed by atoms with Gasteiger partial charge in [0.15, 0.2) is 0 Å². The summed E-state index contributed by atoms with van der Waals surface area (Å²) in [6, 6.07) is 0. The van der Waals surface area contributed by atoms with E-state index in [1.165, 1.54) is 0 Å². The SMILES string of the molecule is C.C.CC#CCC#CCC. The minimum atomic E-state index is 0. The van der Waals surface area contributed by atoms with Crippen LogP contribution >= 0.6 is 0 Å². The molecule has 0 rings (SSSR count). The fraction of sp³-hybridized carbons (Fsp3) is 0.600. The van der Waals surface area contributed by atoms with Gasteiger partial charge in [-0.05, 0) is 6.92 Å². The zero-order valence-electron chi connectivity index (χ0n) is 5.41. The van der Waals surface area contributed by atoms with Crippen LogP contribution in [-0.2, 0) is 0 Å². The van der Waals surface area contributed by atoms with Crippen LogP contribution in [0.25, 0.3) is 0 Å². The standard InChI is InChI=1S/C8H10.2CH4/c1-3-5-7-8-6-4-2;;/h3,8H2,1-2H3;2*1H4. The molecule has 0 aromatic carbocycles. The Labute approximate surface area is 66.0 Å². The molecule has 0 bridgehead atoms. The van der Waals surface area contributed by atoms with Gasteiger partial charge < -0.3 is 0 Å². The highest BCUT2D eigenvalue weighted by atomic mass is 13.7. The molecule has 0 fully saturated rings. The summed E-state index contributed by atoms with van der Waals surface area (Å²) in [5, 5.41) is 0. The summed E-state index contributed by atoms with van der Waals surface area (Å²) in [5.74, 6) is 11.5. The molecule has 0 aromatic heterocycles. The first-order valence-corrected chi connectivity index (χ1v) is 2.77. The van der Waals surface area contributed by atoms with Crippen molar-refractivity contribution in [3.8, 4) is 23.7 Å². The molecule has 0 atom stereocenters. The van der Waals surface area contributed by atoms with Crippen LogP contribution in [0.5, 0.6) is 0 Å². The molecule has 0 radical (unpaired) electrons. The van der Waals surface area contributed by atoms with E-state index in [0.29, 0.717) is 0 Å². The highest BCUT2D eigenvalue weighted by Crippen LogP contribution is 1.71. The van der Waals surface area contributed by atoms with E-state index >= 15 is 0 Å². The van der Waals surface area contributed by atoms with Gasteiger partial charge in [-0.2, -0.15) is 0 Å². The third-order valence-corrected chi connectivity index (χ3v) is 0.655. The van der Waals surface area contributed by atoms with Crippen LogP contribution in [0.4, 0.5) is 0 Å². The number of hydrogen-bond donors (Lipinski definition) is 0. The number of rotatable bonds is 0. The third-order valence-electron chi connectivity index (χ3n) is 0.655. The number of hydrogen-bond acceptors (Lipinski definition) is 0. The van der Waals surface area contributed by atoms with Crippen molar-refractivity contribution in [3.63, 3.8) is 0 Å². The summed E-state index contributed by atoms with van der Waals surface area (Å²) >= 11 is 0. The maximum atomic E-state index is 2.93. The van der Waals surface area contributed by atoms with Crippen molar-refractivity contribution in [1.29, 1.82) is 0 Å². The van der Waals surface area contributed by atoms with Crippen LogP contribution in [0.2, 0.25) is 0 Å². The van der Waals surface area contributed by atoms with Gasteiger partial charge >= 0.3 is 0 Å². The summed E-state index contributed by atoms with van der Waals surface area (Å²) < 4.78 is 0. The maximum Gasteiger partial charge on any atom is 0.0702 e. The molecule has 0 N–H and O–H groups in total. The predicted molar refractivity (Wildman–Crippen MR) is 49.6 cm³/mol. The normalized spacial score (nSPS) is 4.60. The van der Waals surface area contributed by atoms with Crippen LogP contribution < -0.4 is 0 Å². The minimum absolute atomic E-state index is 0. The zero-order chi connectivity index (χ0) is 6.24. The molecular weight excluding hydrogens is 120 g/mol. The first-order chi connectivity index (χ1) is 3.91. The molecular formula is C10H18. The van der Waals surface area contributed by atoms with E-state index in [4.69, 9.17) is 0 Å². The zero-order valence-corrected chi connectivity index (χ0v) is 5.41. The van der Waals surface area contributed by atoms with Crippen molar-refractivity contribution in [3.05, 3.63) is 0 Å². The van der Waals surface area contributed by atoms with Gasteiger partial charge in [0, 0.05) is 6.42 Å². The van der Waals surface area contributed by atoms with Gasteiger partial charge in [0.25, 0.3) is 0 Å². The summed E-state index contributed by atoms with van der Waals surface area (Å²) in [6.45, 7) is 3.86. The highest BCUT2D eigenvalue weighted by molar-refractivity contribution is 5.09. The Balaban J connectivity index is -0.000000245. The molecule has 58 valence electrons. The van der Waals surface area contributed by atoms with Crippen molar-refractivity contribution in [2.75, 3.05) is 0 Å². The van der Waals surface area contributed by atoms with Gasteiger partial charge in [-0.3, -0.25) is 0 Å². The lowest BCUT2D eigenvalue weighted by molar-refractivity contribution is 1.27. The fourth-order valence-corrected chi connectivity index (χ4v) is 0.320. The third kappa shape index (κ3) is 15.7. The monoisotopic (exact) mass is 138 g/mol. The molecule has 0 aliphatic rings. The molecule has 0 saturated carbocycles. The van der Waals surface area contributed by atoms with Crippen molar-refractivity contribution >= 4 is 0 Å². The van der Waals surface area contributed by atoms with Gasteiger partial charge in [0.2, 0.25) is 0 Å². The molecule has 0 spiro atoms. The Bertz CT molecular complexity index is 144. The van der Waals surface area contributed by atoms with E-state index < -0.39 is 0 Å². The molecule has 0 amide bonds. The van der Waals surface area contributed by atoms with Crippen LogP contribution in [0.15, 0.2) is 0 Å². The lowest BCUT2D eigenvalue weighted by Crippen LogP contribution is -1.57. The molecule has 0 aromatic rings. The van der Waals surface area contributed by atoms with E-state index in [1.807, 2.05) is 13.8 Å². The van der Waals surface area contributed by atoms with E-state index in [0.717, 1.165) is 12.8 Å². The summed E-state index contributed by atoms with van der Waals surface area (Å²) in [6.07, 6.45) is 1.66. The summed E-state index contributed by atoms with van der Waals surface area (Å²) in [4.78, 5) is 0. The molecule has 0 saturated heterocycles. The first-order valence-electron chi connectivity index (χ1n) is 2.77. The Hall–Kier alpha value is -0.880. The Kier molecular flexibility index (Phi) is 25.2. The van der Waals surface area contributed by atoms with Gasteiger partial charge in [-0.25, -0.2) is 0 Å². The van der Waals surface area contributed by atoms with Gasteiger partial charge in [-0.1, -0.05) is 33.6 Å². The van der Waals surface area contributed by atoms with E-state index in [9.17, 15) is 0 Å². The summed E-state index contributed by atoms with van der Waals surface area (Å²) in [7, 11) is 0. The van der Waals surface area contributed by atoms with E-state index in [1.54, 1.807) is 0 Å². The minimum Gasteiger partial charge on any atom is -0.106 e. The first kappa shape index (κ1) is 16.1. The largest absolute Gasteiger partial charge is 0.106 e. The van der Waals surface area contributed by atoms with E-state index in [2.05, 4.69) is 23.7 Å². The van der Waals surface area contributed by atoms with Crippen molar-refractivity contribution in [2.24, 2.45) is 0 Å². The second-order valence-electron chi connectivity index (χ2n) is 1.31. The molecule has 10 heavy (non-hydrogen) atoms. The smallest absolute Gasteiger partial charge is 0.0702 e. The molecule has 0 aliphatic heterocycles. The maximum absolute atomic E-state index is 2.93. The Morgan fingerprint density at radius 2 is 1.60 bits per heavy atom. The average Bonchev–Trinajstić information content (AvgIpc) is 1.81. The molecule has 0 aliphatic carbocycles. The van der Waals surface area contributed by atoms with Gasteiger partial charge in [-0.15, -0.1) is 11.8 Å². The van der Waals surface area contributed by atoms with Crippen molar-refractivity contribution in [2.45, 2.75) is 41.5 Å². The Morgan fingerprint density at radius 3 is 2.00 bits per heavy atom. The van der Waals surface area contributed by atoms with Gasteiger partial charge in [0.1, 0.15) is 0 Å². The quantitative estimate of drug-likeness (QED) is 0.451. The second kappa shape index (κ2) is 15.7. The Morgan fingerprint density at radius 1 is 1.00 bits per heavy atom. The highest BCUT2D eigenvalue weighted by Gasteiger charge is 1.61. The van der Waals surface area contributed by atoms with Crippen LogP contribution in [0.1, 0.15) is 41.5 Å². The summed E-state index contributed by atoms with van der Waals surface area (Å²) in [5.41, 5.74) is 0. The average molecular weight is 138 g/mol. The molecule has 0 heteroatoms. The van der Waals surface area contributed by atoms with Crippen LogP contribution in [-0.4, -0.2) is 0 Å². The van der Waals surface area contributed by atoms with Crippen molar-refractivity contribution in [1.82, 2.24) is 0 Å². The lowest BCUT2D eigenvalue weighted by Gasteiger charge is -1.68. The van der Waals surface area contributed by atoms with Crippen LogP contribution in [0, 0.1) is 23.7 Å². The molecule has 0 heterocycles. The van der Waals surface area contributed by atoms with Gasteiger partial charge in [0.05, 0.1) is 6.42 Å². The molecule has 0 nitrogen and oxygen atoms in total. The fourth-order valence-electron chi connectivity index (χ4n) is 0.320. The molecule has 0 unspecified atom stereocenters. The van der Waals surface area contributed by atoms with Crippen molar-refractivity contribution < 1.29 is 0 Å². The predicted octanol–water partition coefficient (Wildman–Crippen LogP) is 3.09. The second-order valence-corrected chi connectivity index (χ2v) is 1.31.